The van der Waals surface area contributed by atoms with Crippen molar-refractivity contribution in [3.8, 4) is 0 Å². The Kier molecular flexibility index (Phi) is 2.05. The minimum atomic E-state index is 0.0895. The molecule has 0 amide bonds. The van der Waals surface area contributed by atoms with Crippen molar-refractivity contribution in [1.82, 2.24) is 4.37 Å². The van der Waals surface area contributed by atoms with Crippen LogP contribution in [-0.2, 0) is 4.79 Å². The van der Waals surface area contributed by atoms with Crippen molar-refractivity contribution in [2.45, 2.75) is 0 Å². The summed E-state index contributed by atoms with van der Waals surface area (Å²) in [6.45, 7) is 0. The molecule has 1 aromatic heterocycles. The standard InChI is InChI=1S/C4Cl2NOS/c5-3-2(1-8)7-9-4(3)6. The summed E-state index contributed by atoms with van der Waals surface area (Å²) in [6.07, 6.45) is 1.55. The summed E-state index contributed by atoms with van der Waals surface area (Å²) < 4.78 is 3.92. The highest BCUT2D eigenvalue weighted by Gasteiger charge is 2.07. The van der Waals surface area contributed by atoms with Crippen LogP contribution in [0.25, 0.3) is 0 Å². The van der Waals surface area contributed by atoms with E-state index in [-0.39, 0.29) is 10.7 Å². The maximum atomic E-state index is 9.92. The van der Waals surface area contributed by atoms with Crippen LogP contribution in [-0.4, -0.2) is 10.7 Å². The van der Waals surface area contributed by atoms with Gasteiger partial charge in [-0.05, 0) is 11.5 Å². The third-order valence-electron chi connectivity index (χ3n) is 0.694. The van der Waals surface area contributed by atoms with Gasteiger partial charge in [-0.15, -0.1) is 0 Å². The number of hydrogen-bond donors (Lipinski definition) is 0. The van der Waals surface area contributed by atoms with Crippen LogP contribution in [0.3, 0.4) is 0 Å². The Bertz CT molecular complexity index is 234. The molecule has 0 spiro atoms. The van der Waals surface area contributed by atoms with Crippen LogP contribution >= 0.6 is 34.7 Å². The van der Waals surface area contributed by atoms with Crippen LogP contribution in [0.4, 0.5) is 0 Å². The van der Waals surface area contributed by atoms with Crippen LogP contribution in [0, 0.1) is 0 Å². The first-order chi connectivity index (χ1) is 4.25. The minimum Gasteiger partial charge on any atom is -0.283 e. The van der Waals surface area contributed by atoms with Gasteiger partial charge >= 0.3 is 0 Å². The number of halogens is 2. The molecule has 5 heteroatoms. The van der Waals surface area contributed by atoms with Gasteiger partial charge in [-0.3, -0.25) is 4.79 Å². The van der Waals surface area contributed by atoms with Crippen LogP contribution in [0.1, 0.15) is 5.69 Å². The Morgan fingerprint density at radius 2 is 2.22 bits per heavy atom. The maximum absolute atomic E-state index is 9.92. The second kappa shape index (κ2) is 2.64. The second-order valence-electron chi connectivity index (χ2n) is 1.22. The van der Waals surface area contributed by atoms with E-state index in [1.807, 2.05) is 0 Å². The molecule has 0 bridgehead atoms. The third kappa shape index (κ3) is 1.23. The zero-order valence-corrected chi connectivity index (χ0v) is 6.35. The lowest BCUT2D eigenvalue weighted by Gasteiger charge is -1.77. The lowest BCUT2D eigenvalue weighted by molar-refractivity contribution is 0.562. The summed E-state index contributed by atoms with van der Waals surface area (Å²) in [5.74, 6) is 0. The van der Waals surface area contributed by atoms with E-state index < -0.39 is 0 Å². The fourth-order valence-electron chi connectivity index (χ4n) is 0.322. The molecular weight excluding hydrogens is 181 g/mol. The van der Waals surface area contributed by atoms with E-state index >= 15 is 0 Å². The van der Waals surface area contributed by atoms with Crippen molar-refractivity contribution < 1.29 is 4.79 Å². The van der Waals surface area contributed by atoms with Gasteiger partial charge in [0.2, 0.25) is 0 Å². The van der Waals surface area contributed by atoms with Crippen molar-refractivity contribution in [3.63, 3.8) is 0 Å². The quantitative estimate of drug-likeness (QED) is 0.662. The highest BCUT2D eigenvalue weighted by Crippen LogP contribution is 2.27. The summed E-state index contributed by atoms with van der Waals surface area (Å²) in [5, 5.41) is 0.191. The second-order valence-corrected chi connectivity index (χ2v) is 2.97. The minimum absolute atomic E-state index is 0.0895. The number of hydrogen-bond acceptors (Lipinski definition) is 3. The van der Waals surface area contributed by atoms with Crippen molar-refractivity contribution in [2.24, 2.45) is 0 Å². The lowest BCUT2D eigenvalue weighted by atomic mass is 10.5. The molecule has 0 N–H and O–H groups in total. The summed E-state index contributed by atoms with van der Waals surface area (Å²) in [5.41, 5.74) is 0.0895. The summed E-state index contributed by atoms with van der Waals surface area (Å²) >= 11 is 11.9. The van der Waals surface area contributed by atoms with Gasteiger partial charge in [0, 0.05) is 0 Å². The Morgan fingerprint density at radius 1 is 1.56 bits per heavy atom. The average molecular weight is 181 g/mol. The first kappa shape index (κ1) is 6.99. The molecule has 0 atom stereocenters. The number of nitrogens with zero attached hydrogens (tertiary/aromatic N) is 1. The first-order valence-corrected chi connectivity index (χ1v) is 3.47. The molecule has 0 aromatic carbocycles. The van der Waals surface area contributed by atoms with Crippen LogP contribution < -0.4 is 0 Å². The monoisotopic (exact) mass is 180 g/mol. The smallest absolute Gasteiger partial charge is 0.256 e. The van der Waals surface area contributed by atoms with Gasteiger partial charge in [0.1, 0.15) is 15.1 Å². The van der Waals surface area contributed by atoms with Gasteiger partial charge < -0.3 is 0 Å². The van der Waals surface area contributed by atoms with Crippen molar-refractivity contribution >= 4 is 41.0 Å². The molecule has 1 radical (unpaired) electrons. The zero-order chi connectivity index (χ0) is 6.85. The molecule has 0 aliphatic rings. The normalized spacial score (nSPS) is 9.56. The highest BCUT2D eigenvalue weighted by atomic mass is 35.5. The zero-order valence-electron chi connectivity index (χ0n) is 4.02. The van der Waals surface area contributed by atoms with E-state index in [2.05, 4.69) is 4.37 Å². The molecule has 0 aliphatic carbocycles. The number of aromatic nitrogens is 1. The average Bonchev–Trinajstić information content (AvgIpc) is 2.15. The van der Waals surface area contributed by atoms with Gasteiger partial charge in [0.05, 0.1) is 0 Å². The SMILES string of the molecule is O=[C]c1nsc(Cl)c1Cl. The van der Waals surface area contributed by atoms with Crippen molar-refractivity contribution in [2.75, 3.05) is 0 Å². The summed E-state index contributed by atoms with van der Waals surface area (Å²) in [4.78, 5) is 9.92. The Labute approximate surface area is 65.6 Å². The van der Waals surface area contributed by atoms with E-state index in [0.717, 1.165) is 11.5 Å². The van der Waals surface area contributed by atoms with E-state index in [9.17, 15) is 4.79 Å². The number of rotatable bonds is 1. The van der Waals surface area contributed by atoms with E-state index in [0.29, 0.717) is 4.34 Å². The predicted molar refractivity (Wildman–Crippen MR) is 36.9 cm³/mol. The molecule has 47 valence electrons. The molecular formula is C4Cl2NOS. The molecule has 0 saturated heterocycles. The third-order valence-corrected chi connectivity index (χ3v) is 2.31. The van der Waals surface area contributed by atoms with Gasteiger partial charge in [-0.1, -0.05) is 23.2 Å². The molecule has 0 fully saturated rings. The number of carbonyl (C=O) groups excluding carboxylic acids is 1. The Hall–Kier alpha value is -0.120. The largest absolute Gasteiger partial charge is 0.283 e. The topological polar surface area (TPSA) is 30.0 Å². The molecule has 1 aromatic rings. The molecule has 0 unspecified atom stereocenters. The molecule has 1 rings (SSSR count). The summed E-state index contributed by atoms with van der Waals surface area (Å²) in [6, 6.07) is 0. The predicted octanol–water partition coefficient (Wildman–Crippen LogP) is 1.91. The fraction of sp³-hybridized carbons (Fsp3) is 0. The van der Waals surface area contributed by atoms with E-state index in [1.54, 1.807) is 6.29 Å². The summed E-state index contributed by atoms with van der Waals surface area (Å²) in [7, 11) is 0. The molecule has 2 nitrogen and oxygen atoms in total. The van der Waals surface area contributed by atoms with Crippen LogP contribution in [0.5, 0.6) is 0 Å². The van der Waals surface area contributed by atoms with Gasteiger partial charge in [-0.25, -0.2) is 0 Å². The van der Waals surface area contributed by atoms with Gasteiger partial charge in [-0.2, -0.15) is 4.37 Å². The highest BCUT2D eigenvalue weighted by molar-refractivity contribution is 7.11. The van der Waals surface area contributed by atoms with Crippen molar-refractivity contribution in [1.29, 1.82) is 0 Å². The van der Waals surface area contributed by atoms with Crippen LogP contribution in [0.15, 0.2) is 0 Å². The van der Waals surface area contributed by atoms with Crippen LogP contribution in [0.2, 0.25) is 9.36 Å². The Morgan fingerprint density at radius 3 is 2.44 bits per heavy atom. The Balaban J connectivity index is 3.18. The first-order valence-electron chi connectivity index (χ1n) is 1.94. The lowest BCUT2D eigenvalue weighted by Crippen LogP contribution is -1.76. The molecule has 9 heavy (non-hydrogen) atoms. The van der Waals surface area contributed by atoms with E-state index in [1.165, 1.54) is 0 Å². The molecule has 0 saturated carbocycles. The van der Waals surface area contributed by atoms with E-state index in [4.69, 9.17) is 23.2 Å². The van der Waals surface area contributed by atoms with Gasteiger partial charge in [0.25, 0.3) is 6.29 Å². The van der Waals surface area contributed by atoms with Crippen molar-refractivity contribution in [3.05, 3.63) is 15.1 Å². The maximum Gasteiger partial charge on any atom is 0.256 e. The fourth-order valence-corrected chi connectivity index (χ4v) is 1.23. The molecule has 1 heterocycles. The van der Waals surface area contributed by atoms with Gasteiger partial charge in [0.15, 0.2) is 0 Å². The molecule has 0 aliphatic heterocycles.